The molecule has 0 atom stereocenters. The zero-order valence-corrected chi connectivity index (χ0v) is 17.0. The van der Waals surface area contributed by atoms with E-state index in [1.54, 1.807) is 36.4 Å². The van der Waals surface area contributed by atoms with Crippen LogP contribution in [0.4, 0.5) is 0 Å². The van der Waals surface area contributed by atoms with Crippen LogP contribution >= 0.6 is 0 Å². The van der Waals surface area contributed by atoms with Crippen molar-refractivity contribution in [3.05, 3.63) is 121 Å². The summed E-state index contributed by atoms with van der Waals surface area (Å²) in [6.07, 6.45) is 0. The molecule has 0 aliphatic carbocycles. The number of nitrogens with zero attached hydrogens (tertiary/aromatic N) is 3. The van der Waals surface area contributed by atoms with E-state index in [2.05, 4.69) is 0 Å². The Bertz CT molecular complexity index is 1240. The zero-order chi connectivity index (χ0) is 21.4. The molecule has 0 bridgehead atoms. The predicted octanol–water partition coefficient (Wildman–Crippen LogP) is 3.06. The van der Waals surface area contributed by atoms with Crippen LogP contribution in [0.5, 0.6) is 0 Å². The molecular formula is C24H21N3O3. The monoisotopic (exact) mass is 399 g/mol. The molecule has 30 heavy (non-hydrogen) atoms. The highest BCUT2D eigenvalue weighted by molar-refractivity contribution is 5.45. The van der Waals surface area contributed by atoms with Gasteiger partial charge in [-0.1, -0.05) is 54.6 Å². The molecule has 4 aromatic rings. The number of benzene rings is 3. The molecule has 0 amide bonds. The molecule has 0 N–H and O–H groups in total. The summed E-state index contributed by atoms with van der Waals surface area (Å²) in [7, 11) is 0. The van der Waals surface area contributed by atoms with Crippen molar-refractivity contribution in [2.24, 2.45) is 0 Å². The van der Waals surface area contributed by atoms with Crippen LogP contribution < -0.4 is 17.1 Å². The van der Waals surface area contributed by atoms with E-state index in [0.717, 1.165) is 30.4 Å². The quantitative estimate of drug-likeness (QED) is 0.532. The normalized spacial score (nSPS) is 10.9. The van der Waals surface area contributed by atoms with Crippen molar-refractivity contribution in [2.45, 2.75) is 20.8 Å². The first-order chi connectivity index (χ1) is 14.4. The first-order valence-corrected chi connectivity index (χ1v) is 9.61. The first-order valence-electron chi connectivity index (χ1n) is 9.61. The minimum atomic E-state index is -0.696. The van der Waals surface area contributed by atoms with E-state index in [9.17, 15) is 14.4 Å². The standard InChI is InChI=1S/C24H21N3O3/c1-16-10-4-7-13-19(16)25-22(28)26(20-14-8-5-11-17(20)2)24(30)27(23(25)29)21-15-9-6-12-18(21)3/h4-15H,1-3H3. The molecule has 0 aliphatic rings. The molecule has 0 saturated carbocycles. The molecule has 1 heterocycles. The highest BCUT2D eigenvalue weighted by atomic mass is 16.2. The Hall–Kier alpha value is -3.93. The number of hydrogen-bond donors (Lipinski definition) is 0. The summed E-state index contributed by atoms with van der Waals surface area (Å²) in [5, 5.41) is 0. The fourth-order valence-corrected chi connectivity index (χ4v) is 3.61. The van der Waals surface area contributed by atoms with Gasteiger partial charge in [0.05, 0.1) is 17.1 Å². The summed E-state index contributed by atoms with van der Waals surface area (Å²) in [5.74, 6) is 0. The van der Waals surface area contributed by atoms with E-state index < -0.39 is 17.1 Å². The third-order valence-electron chi connectivity index (χ3n) is 5.22. The molecule has 0 radical (unpaired) electrons. The molecule has 3 aromatic carbocycles. The topological polar surface area (TPSA) is 66.0 Å². The Morgan fingerprint density at radius 1 is 0.433 bits per heavy atom. The van der Waals surface area contributed by atoms with Gasteiger partial charge in [-0.2, -0.15) is 0 Å². The largest absolute Gasteiger partial charge is 0.345 e. The Morgan fingerprint density at radius 3 is 0.900 bits per heavy atom. The van der Waals surface area contributed by atoms with Crippen LogP contribution in [0.3, 0.4) is 0 Å². The number of hydrogen-bond acceptors (Lipinski definition) is 3. The van der Waals surface area contributed by atoms with Crippen LogP contribution in [0.25, 0.3) is 17.1 Å². The van der Waals surface area contributed by atoms with Gasteiger partial charge in [-0.05, 0) is 55.7 Å². The zero-order valence-electron chi connectivity index (χ0n) is 17.0. The van der Waals surface area contributed by atoms with Gasteiger partial charge in [-0.3, -0.25) is 0 Å². The van der Waals surface area contributed by atoms with E-state index in [4.69, 9.17) is 0 Å². The third kappa shape index (κ3) is 3.03. The summed E-state index contributed by atoms with van der Waals surface area (Å²) >= 11 is 0. The minimum Gasteiger partial charge on any atom is -0.246 e. The lowest BCUT2D eigenvalue weighted by Crippen LogP contribution is -2.53. The maximum Gasteiger partial charge on any atom is 0.345 e. The van der Waals surface area contributed by atoms with E-state index in [0.29, 0.717) is 17.1 Å². The summed E-state index contributed by atoms with van der Waals surface area (Å²) in [5.41, 5.74) is 1.50. The maximum absolute atomic E-state index is 13.5. The molecule has 150 valence electrons. The van der Waals surface area contributed by atoms with Gasteiger partial charge < -0.3 is 0 Å². The Labute approximate surface area is 172 Å². The van der Waals surface area contributed by atoms with Crippen LogP contribution in [0.1, 0.15) is 16.7 Å². The Balaban J connectivity index is 2.24. The number of aromatic nitrogens is 3. The molecular weight excluding hydrogens is 378 g/mol. The van der Waals surface area contributed by atoms with Crippen molar-refractivity contribution in [1.29, 1.82) is 0 Å². The maximum atomic E-state index is 13.5. The minimum absolute atomic E-state index is 0.442. The Kier molecular flexibility index (Phi) is 4.83. The molecule has 0 aliphatic heterocycles. The van der Waals surface area contributed by atoms with E-state index >= 15 is 0 Å². The lowest BCUT2D eigenvalue weighted by Gasteiger charge is -2.17. The Morgan fingerprint density at radius 2 is 0.667 bits per heavy atom. The van der Waals surface area contributed by atoms with Gasteiger partial charge in [-0.15, -0.1) is 0 Å². The van der Waals surface area contributed by atoms with E-state index in [-0.39, 0.29) is 0 Å². The number of rotatable bonds is 3. The number of aryl methyl sites for hydroxylation is 3. The van der Waals surface area contributed by atoms with Crippen molar-refractivity contribution in [3.63, 3.8) is 0 Å². The fraction of sp³-hybridized carbons (Fsp3) is 0.125. The molecule has 0 fully saturated rings. The second-order valence-electron chi connectivity index (χ2n) is 7.21. The van der Waals surface area contributed by atoms with Crippen LogP contribution in [-0.2, 0) is 0 Å². The summed E-state index contributed by atoms with van der Waals surface area (Å²) in [6.45, 7) is 5.47. The van der Waals surface area contributed by atoms with Crippen LogP contribution in [-0.4, -0.2) is 13.7 Å². The highest BCUT2D eigenvalue weighted by Gasteiger charge is 2.21. The van der Waals surface area contributed by atoms with E-state index in [1.165, 1.54) is 0 Å². The average Bonchev–Trinajstić information content (AvgIpc) is 2.72. The van der Waals surface area contributed by atoms with Gasteiger partial charge >= 0.3 is 17.1 Å². The van der Waals surface area contributed by atoms with Crippen molar-refractivity contribution < 1.29 is 0 Å². The first kappa shape index (κ1) is 19.4. The molecule has 0 saturated heterocycles. The second kappa shape index (κ2) is 7.48. The molecule has 0 spiro atoms. The van der Waals surface area contributed by atoms with Crippen molar-refractivity contribution >= 4 is 0 Å². The van der Waals surface area contributed by atoms with Gasteiger partial charge in [-0.25, -0.2) is 28.1 Å². The van der Waals surface area contributed by atoms with Crippen LogP contribution in [0.15, 0.2) is 87.2 Å². The number of para-hydroxylation sites is 3. The molecule has 6 nitrogen and oxygen atoms in total. The molecule has 0 unspecified atom stereocenters. The predicted molar refractivity (Wildman–Crippen MR) is 117 cm³/mol. The fourth-order valence-electron chi connectivity index (χ4n) is 3.61. The van der Waals surface area contributed by atoms with Crippen LogP contribution in [0, 0.1) is 20.8 Å². The van der Waals surface area contributed by atoms with Gasteiger partial charge in [0.25, 0.3) is 0 Å². The van der Waals surface area contributed by atoms with E-state index in [1.807, 2.05) is 57.2 Å². The van der Waals surface area contributed by atoms with Gasteiger partial charge in [0.1, 0.15) is 0 Å². The van der Waals surface area contributed by atoms with Crippen LogP contribution in [0.2, 0.25) is 0 Å². The lowest BCUT2D eigenvalue weighted by atomic mass is 10.2. The van der Waals surface area contributed by atoms with Crippen molar-refractivity contribution in [2.75, 3.05) is 0 Å². The molecule has 4 rings (SSSR count). The van der Waals surface area contributed by atoms with Crippen molar-refractivity contribution in [3.8, 4) is 17.1 Å². The van der Waals surface area contributed by atoms with Crippen molar-refractivity contribution in [1.82, 2.24) is 13.7 Å². The van der Waals surface area contributed by atoms with Gasteiger partial charge in [0.15, 0.2) is 0 Å². The summed E-state index contributed by atoms with van der Waals surface area (Å²) in [6, 6.07) is 21.4. The third-order valence-corrected chi connectivity index (χ3v) is 5.22. The lowest BCUT2D eigenvalue weighted by molar-refractivity contribution is 0.655. The van der Waals surface area contributed by atoms with Gasteiger partial charge in [0.2, 0.25) is 0 Å². The smallest absolute Gasteiger partial charge is 0.246 e. The molecule has 1 aromatic heterocycles. The second-order valence-corrected chi connectivity index (χ2v) is 7.21. The summed E-state index contributed by atoms with van der Waals surface area (Å²) in [4.78, 5) is 40.5. The SMILES string of the molecule is Cc1ccccc1-n1c(=O)n(-c2ccccc2C)c(=O)n(-c2ccccc2C)c1=O. The van der Waals surface area contributed by atoms with Gasteiger partial charge in [0, 0.05) is 0 Å². The summed E-state index contributed by atoms with van der Waals surface area (Å²) < 4.78 is 3.20. The highest BCUT2D eigenvalue weighted by Crippen LogP contribution is 2.14. The molecule has 6 heteroatoms. The average molecular weight is 399 g/mol.